The van der Waals surface area contributed by atoms with Gasteiger partial charge < -0.3 is 15.4 Å². The molecular weight excluding hydrogens is 266 g/mol. The summed E-state index contributed by atoms with van der Waals surface area (Å²) in [6, 6.07) is 12.8. The molecule has 0 saturated heterocycles. The average Bonchev–Trinajstić information content (AvgIpc) is 2.54. The fraction of sp³-hybridized carbons (Fsp3) is 0.250. The minimum atomic E-state index is -0.237. The van der Waals surface area contributed by atoms with Crippen LogP contribution in [0.2, 0.25) is 0 Å². The number of hydrogen-bond donors (Lipinski definition) is 2. The molecule has 0 radical (unpaired) electrons. The SMILES string of the molecule is COc1ccccc1CNC(=O)N[C@H](C)c1ccccn1. The van der Waals surface area contributed by atoms with E-state index in [0.717, 1.165) is 17.0 Å². The molecule has 0 saturated carbocycles. The topological polar surface area (TPSA) is 63.2 Å². The highest BCUT2D eigenvalue weighted by atomic mass is 16.5. The van der Waals surface area contributed by atoms with E-state index in [4.69, 9.17) is 4.74 Å². The summed E-state index contributed by atoms with van der Waals surface area (Å²) in [5.41, 5.74) is 1.76. The van der Waals surface area contributed by atoms with Crippen LogP contribution in [0.5, 0.6) is 5.75 Å². The largest absolute Gasteiger partial charge is 0.496 e. The number of nitrogens with one attached hydrogen (secondary N) is 2. The number of para-hydroxylation sites is 1. The Hall–Kier alpha value is -2.56. The number of urea groups is 1. The highest BCUT2D eigenvalue weighted by molar-refractivity contribution is 5.74. The number of rotatable bonds is 5. The van der Waals surface area contributed by atoms with Crippen molar-refractivity contribution >= 4 is 6.03 Å². The second kappa shape index (κ2) is 7.28. The molecule has 0 bridgehead atoms. The van der Waals surface area contributed by atoms with Crippen LogP contribution in [0.25, 0.3) is 0 Å². The van der Waals surface area contributed by atoms with Crippen molar-refractivity contribution in [1.82, 2.24) is 15.6 Å². The standard InChI is InChI=1S/C16H19N3O2/c1-12(14-8-5-6-10-17-14)19-16(20)18-11-13-7-3-4-9-15(13)21-2/h3-10,12H,11H2,1-2H3,(H2,18,19,20)/t12-/m1/s1. The highest BCUT2D eigenvalue weighted by Gasteiger charge is 2.10. The van der Waals surface area contributed by atoms with Gasteiger partial charge in [0.1, 0.15) is 5.75 Å². The zero-order valence-corrected chi connectivity index (χ0v) is 12.2. The molecule has 2 N–H and O–H groups in total. The van der Waals surface area contributed by atoms with Gasteiger partial charge in [-0.2, -0.15) is 0 Å². The van der Waals surface area contributed by atoms with Crippen LogP contribution < -0.4 is 15.4 Å². The molecule has 2 rings (SSSR count). The zero-order chi connectivity index (χ0) is 15.1. The highest BCUT2D eigenvalue weighted by Crippen LogP contribution is 2.16. The van der Waals surface area contributed by atoms with Gasteiger partial charge in [-0.05, 0) is 25.1 Å². The Kier molecular flexibility index (Phi) is 5.15. The first-order valence-electron chi connectivity index (χ1n) is 6.78. The molecule has 0 aliphatic carbocycles. The number of amides is 2. The van der Waals surface area contributed by atoms with Crippen LogP contribution in [0.4, 0.5) is 4.79 Å². The van der Waals surface area contributed by atoms with Crippen molar-refractivity contribution in [2.24, 2.45) is 0 Å². The number of pyridine rings is 1. The molecule has 1 aromatic heterocycles. The summed E-state index contributed by atoms with van der Waals surface area (Å²) < 4.78 is 5.25. The molecule has 0 aliphatic rings. The number of carbonyl (C=O) groups excluding carboxylic acids is 1. The molecule has 0 unspecified atom stereocenters. The monoisotopic (exact) mass is 285 g/mol. The van der Waals surface area contributed by atoms with Crippen LogP contribution in [0.15, 0.2) is 48.7 Å². The van der Waals surface area contributed by atoms with Gasteiger partial charge in [-0.15, -0.1) is 0 Å². The van der Waals surface area contributed by atoms with Gasteiger partial charge in [-0.1, -0.05) is 24.3 Å². The molecule has 1 atom stereocenters. The lowest BCUT2D eigenvalue weighted by Gasteiger charge is -2.15. The second-order valence-corrected chi connectivity index (χ2v) is 4.62. The molecule has 110 valence electrons. The summed E-state index contributed by atoms with van der Waals surface area (Å²) in [5.74, 6) is 0.760. The van der Waals surface area contributed by atoms with Crippen molar-refractivity contribution < 1.29 is 9.53 Å². The molecule has 0 aliphatic heterocycles. The van der Waals surface area contributed by atoms with Gasteiger partial charge in [0.15, 0.2) is 0 Å². The molecule has 2 aromatic rings. The van der Waals surface area contributed by atoms with E-state index in [9.17, 15) is 4.79 Å². The van der Waals surface area contributed by atoms with Gasteiger partial charge in [-0.3, -0.25) is 4.98 Å². The summed E-state index contributed by atoms with van der Waals surface area (Å²) in [4.78, 5) is 16.1. The first kappa shape index (κ1) is 14.8. The van der Waals surface area contributed by atoms with E-state index in [2.05, 4.69) is 15.6 Å². The maximum atomic E-state index is 11.9. The third kappa shape index (κ3) is 4.21. The van der Waals surface area contributed by atoms with Crippen molar-refractivity contribution in [3.63, 3.8) is 0 Å². The van der Waals surface area contributed by atoms with E-state index in [-0.39, 0.29) is 12.1 Å². The van der Waals surface area contributed by atoms with Gasteiger partial charge in [0.05, 0.1) is 18.8 Å². The van der Waals surface area contributed by atoms with Gasteiger partial charge >= 0.3 is 6.03 Å². The van der Waals surface area contributed by atoms with Crippen LogP contribution in [0.1, 0.15) is 24.2 Å². The molecule has 5 heteroatoms. The molecule has 0 fully saturated rings. The van der Waals surface area contributed by atoms with Gasteiger partial charge in [-0.25, -0.2) is 4.79 Å². The quantitative estimate of drug-likeness (QED) is 0.887. The van der Waals surface area contributed by atoms with Crippen molar-refractivity contribution in [3.8, 4) is 5.75 Å². The van der Waals surface area contributed by atoms with E-state index in [1.54, 1.807) is 13.3 Å². The lowest BCUT2D eigenvalue weighted by Crippen LogP contribution is -2.36. The lowest BCUT2D eigenvalue weighted by molar-refractivity contribution is 0.237. The summed E-state index contributed by atoms with van der Waals surface area (Å²) in [6.45, 7) is 2.30. The van der Waals surface area contributed by atoms with Gasteiger partial charge in [0.25, 0.3) is 0 Å². The van der Waals surface area contributed by atoms with Crippen LogP contribution in [-0.4, -0.2) is 18.1 Å². The molecular formula is C16H19N3O2. The van der Waals surface area contributed by atoms with Crippen molar-refractivity contribution in [3.05, 3.63) is 59.9 Å². The first-order valence-corrected chi connectivity index (χ1v) is 6.78. The maximum absolute atomic E-state index is 11.9. The van der Waals surface area contributed by atoms with Crippen LogP contribution in [0.3, 0.4) is 0 Å². The van der Waals surface area contributed by atoms with Crippen LogP contribution in [0, 0.1) is 0 Å². The van der Waals surface area contributed by atoms with E-state index >= 15 is 0 Å². The summed E-state index contributed by atoms with van der Waals surface area (Å²) in [7, 11) is 1.61. The molecule has 1 aromatic carbocycles. The zero-order valence-electron chi connectivity index (χ0n) is 12.2. The summed E-state index contributed by atoms with van der Waals surface area (Å²) in [6.07, 6.45) is 1.71. The number of benzene rings is 1. The fourth-order valence-electron chi connectivity index (χ4n) is 1.98. The van der Waals surface area contributed by atoms with Crippen molar-refractivity contribution in [2.45, 2.75) is 19.5 Å². The van der Waals surface area contributed by atoms with Crippen molar-refractivity contribution in [2.75, 3.05) is 7.11 Å². The second-order valence-electron chi connectivity index (χ2n) is 4.62. The van der Waals surface area contributed by atoms with Gasteiger partial charge in [0, 0.05) is 18.3 Å². The Bertz CT molecular complexity index is 587. The van der Waals surface area contributed by atoms with E-state index in [0.29, 0.717) is 6.54 Å². The molecule has 21 heavy (non-hydrogen) atoms. The Morgan fingerprint density at radius 2 is 2.00 bits per heavy atom. The number of aromatic nitrogens is 1. The van der Waals surface area contributed by atoms with Crippen molar-refractivity contribution in [1.29, 1.82) is 0 Å². The predicted octanol–water partition coefficient (Wildman–Crippen LogP) is 2.65. The molecule has 0 spiro atoms. The lowest BCUT2D eigenvalue weighted by atomic mass is 10.2. The number of hydrogen-bond acceptors (Lipinski definition) is 3. The van der Waals surface area contributed by atoms with Crippen LogP contribution in [-0.2, 0) is 6.54 Å². The Balaban J connectivity index is 1.88. The molecule has 5 nitrogen and oxygen atoms in total. The number of carbonyl (C=O) groups is 1. The third-order valence-corrected chi connectivity index (χ3v) is 3.11. The average molecular weight is 285 g/mol. The van der Waals surface area contributed by atoms with E-state index in [1.807, 2.05) is 49.4 Å². The summed E-state index contributed by atoms with van der Waals surface area (Å²) >= 11 is 0. The summed E-state index contributed by atoms with van der Waals surface area (Å²) in [5, 5.41) is 5.67. The molecule has 2 amide bonds. The Morgan fingerprint density at radius 1 is 1.24 bits per heavy atom. The predicted molar refractivity (Wildman–Crippen MR) is 81.0 cm³/mol. The van der Waals surface area contributed by atoms with E-state index in [1.165, 1.54) is 0 Å². The minimum absolute atomic E-state index is 0.149. The fourth-order valence-corrected chi connectivity index (χ4v) is 1.98. The number of methoxy groups -OCH3 is 1. The smallest absolute Gasteiger partial charge is 0.315 e. The Morgan fingerprint density at radius 3 is 2.71 bits per heavy atom. The first-order chi connectivity index (χ1) is 10.2. The minimum Gasteiger partial charge on any atom is -0.496 e. The van der Waals surface area contributed by atoms with Crippen LogP contribution >= 0.6 is 0 Å². The van der Waals surface area contributed by atoms with Gasteiger partial charge in [0.2, 0.25) is 0 Å². The number of ether oxygens (including phenoxy) is 1. The number of nitrogens with zero attached hydrogens (tertiary/aromatic N) is 1. The Labute approximate surface area is 124 Å². The van der Waals surface area contributed by atoms with E-state index < -0.39 is 0 Å². The normalized spacial score (nSPS) is 11.5. The molecule has 1 heterocycles. The maximum Gasteiger partial charge on any atom is 0.315 e. The third-order valence-electron chi connectivity index (χ3n) is 3.11.